The molecule has 0 aliphatic heterocycles. The largest absolute Gasteiger partial charge is 0.339 e. The molecule has 0 radical (unpaired) electrons. The molecule has 0 bridgehead atoms. The Bertz CT molecular complexity index is 888. The van der Waals surface area contributed by atoms with E-state index in [1.807, 2.05) is 44.2 Å². The van der Waals surface area contributed by atoms with Crippen LogP contribution in [0.3, 0.4) is 0 Å². The van der Waals surface area contributed by atoms with Gasteiger partial charge in [-0.2, -0.15) is 0 Å². The molecule has 0 aromatic heterocycles. The molecule has 1 amide bonds. The monoisotopic (exact) mass is 372 g/mol. The Morgan fingerprint density at radius 1 is 1.15 bits per heavy atom. The number of carbonyl (C=O) groups is 1. The number of amides is 1. The number of carbonyl (C=O) groups excluding carboxylic acids is 1. The highest BCUT2D eigenvalue weighted by Crippen LogP contribution is 2.15. The number of nitrogens with zero attached hydrogens (tertiary/aromatic N) is 1. The van der Waals surface area contributed by atoms with E-state index >= 15 is 0 Å². The van der Waals surface area contributed by atoms with Crippen molar-refractivity contribution in [2.75, 3.05) is 11.3 Å². The molecule has 1 N–H and O–H groups in total. The molecule has 0 spiro atoms. The number of anilines is 1. The van der Waals surface area contributed by atoms with E-state index in [1.165, 1.54) is 6.92 Å². The lowest BCUT2D eigenvalue weighted by Gasteiger charge is -2.19. The average molecular weight is 372 g/mol. The van der Waals surface area contributed by atoms with E-state index in [4.69, 9.17) is 0 Å². The molecule has 0 atom stereocenters. The van der Waals surface area contributed by atoms with Gasteiger partial charge in [0.05, 0.1) is 5.41 Å². The molecular weight excluding hydrogens is 348 g/mol. The minimum absolute atomic E-state index is 0.0143. The molecule has 138 valence electrons. The zero-order valence-electron chi connectivity index (χ0n) is 15.3. The third-order valence-electron chi connectivity index (χ3n) is 3.90. The second kappa shape index (κ2) is 8.67. The highest BCUT2D eigenvalue weighted by Gasteiger charge is 2.09. The lowest BCUT2D eigenvalue weighted by molar-refractivity contribution is -0.129. The van der Waals surface area contributed by atoms with E-state index in [0.29, 0.717) is 18.8 Å². The predicted molar refractivity (Wildman–Crippen MR) is 106 cm³/mol. The zero-order valence-corrected chi connectivity index (χ0v) is 16.1. The molecule has 0 saturated heterocycles. The fraction of sp³-hybridized carbons (Fsp3) is 0.250. The first-order valence-electron chi connectivity index (χ1n) is 8.41. The van der Waals surface area contributed by atoms with Crippen LogP contribution in [0.5, 0.6) is 0 Å². The van der Waals surface area contributed by atoms with Crippen molar-refractivity contribution in [1.82, 2.24) is 4.90 Å². The Labute approximate surface area is 155 Å². The second-order valence-corrected chi connectivity index (χ2v) is 7.66. The number of benzene rings is 2. The van der Waals surface area contributed by atoms with Gasteiger partial charge < -0.3 is 4.90 Å². The maximum absolute atomic E-state index is 12.3. The van der Waals surface area contributed by atoms with Gasteiger partial charge in [-0.05, 0) is 43.2 Å². The normalized spacial score (nSPS) is 11.5. The maximum Gasteiger partial charge on any atom is 0.255 e. The number of rotatable bonds is 7. The Morgan fingerprint density at radius 3 is 2.46 bits per heavy atom. The summed E-state index contributed by atoms with van der Waals surface area (Å²) in [5.74, 6) is -0.0143. The van der Waals surface area contributed by atoms with E-state index in [2.05, 4.69) is 4.72 Å². The van der Waals surface area contributed by atoms with Crippen molar-refractivity contribution in [3.05, 3.63) is 70.6 Å². The molecule has 2 rings (SSSR count). The van der Waals surface area contributed by atoms with Crippen molar-refractivity contribution in [2.45, 2.75) is 27.3 Å². The van der Waals surface area contributed by atoms with Crippen LogP contribution in [0.1, 0.15) is 30.5 Å². The molecule has 5 nitrogen and oxygen atoms in total. The first-order chi connectivity index (χ1) is 12.3. The summed E-state index contributed by atoms with van der Waals surface area (Å²) in [6, 6.07) is 14.6. The number of sulfonamides is 1. The van der Waals surface area contributed by atoms with Crippen molar-refractivity contribution in [3.63, 3.8) is 0 Å². The summed E-state index contributed by atoms with van der Waals surface area (Å²) >= 11 is 0. The van der Waals surface area contributed by atoms with E-state index in [0.717, 1.165) is 22.1 Å². The van der Waals surface area contributed by atoms with Crippen LogP contribution < -0.4 is 4.72 Å². The van der Waals surface area contributed by atoms with Gasteiger partial charge in [0.2, 0.25) is 5.91 Å². The maximum atomic E-state index is 12.3. The van der Waals surface area contributed by atoms with E-state index in [-0.39, 0.29) is 5.91 Å². The Hall–Kier alpha value is -2.60. The van der Waals surface area contributed by atoms with Gasteiger partial charge in [0, 0.05) is 25.7 Å². The molecule has 6 heteroatoms. The molecule has 0 aliphatic carbocycles. The van der Waals surface area contributed by atoms with Crippen LogP contribution in [-0.4, -0.2) is 25.8 Å². The molecule has 0 aliphatic rings. The van der Waals surface area contributed by atoms with Crippen molar-refractivity contribution in [3.8, 4) is 0 Å². The molecule has 0 unspecified atom stereocenters. The molecule has 0 fully saturated rings. The van der Waals surface area contributed by atoms with Crippen molar-refractivity contribution < 1.29 is 13.2 Å². The first kappa shape index (κ1) is 19.7. The average Bonchev–Trinajstić information content (AvgIpc) is 2.59. The quantitative estimate of drug-likeness (QED) is 0.804. The number of hydrogen-bond acceptors (Lipinski definition) is 3. The lowest BCUT2D eigenvalue weighted by Crippen LogP contribution is -2.27. The summed E-state index contributed by atoms with van der Waals surface area (Å²) in [4.78, 5) is 13.2. The lowest BCUT2D eigenvalue weighted by atomic mass is 10.2. The van der Waals surface area contributed by atoms with Crippen LogP contribution in [0.25, 0.3) is 6.08 Å². The van der Waals surface area contributed by atoms with Crippen molar-refractivity contribution in [2.24, 2.45) is 0 Å². The van der Waals surface area contributed by atoms with Gasteiger partial charge in [-0.25, -0.2) is 8.42 Å². The van der Waals surface area contributed by atoms with Gasteiger partial charge in [-0.3, -0.25) is 9.52 Å². The summed E-state index contributed by atoms with van der Waals surface area (Å²) in [7, 11) is -3.62. The first-order valence-corrected chi connectivity index (χ1v) is 9.96. The molecule has 0 heterocycles. The molecule has 2 aromatic carbocycles. The van der Waals surface area contributed by atoms with Gasteiger partial charge >= 0.3 is 0 Å². The predicted octanol–water partition coefficient (Wildman–Crippen LogP) is 3.78. The Balaban J connectivity index is 2.10. The van der Waals surface area contributed by atoms with Gasteiger partial charge in [0.25, 0.3) is 10.0 Å². The summed E-state index contributed by atoms with van der Waals surface area (Å²) in [6.45, 7) is 6.45. The highest BCUT2D eigenvalue weighted by molar-refractivity contribution is 7.95. The fourth-order valence-corrected chi connectivity index (χ4v) is 3.30. The summed E-state index contributed by atoms with van der Waals surface area (Å²) in [6.07, 6.45) is 1.56. The molecular formula is C20H24N2O3S. The van der Waals surface area contributed by atoms with Gasteiger partial charge in [-0.15, -0.1) is 0 Å². The minimum Gasteiger partial charge on any atom is -0.339 e. The topological polar surface area (TPSA) is 66.5 Å². The van der Waals surface area contributed by atoms with Crippen LogP contribution in [0, 0.1) is 6.92 Å². The van der Waals surface area contributed by atoms with Gasteiger partial charge in [0.15, 0.2) is 0 Å². The Kier molecular flexibility index (Phi) is 6.58. The van der Waals surface area contributed by atoms with E-state index in [1.54, 1.807) is 29.2 Å². The van der Waals surface area contributed by atoms with Crippen molar-refractivity contribution >= 4 is 27.7 Å². The fourth-order valence-electron chi connectivity index (χ4n) is 2.44. The standard InChI is InChI=1S/C20H24N2O3S/c1-4-22(17(3)23)15-19-6-5-7-20(14-19)21-26(24,25)13-12-18-10-8-16(2)9-11-18/h5-14,21H,4,15H2,1-3H3. The van der Waals surface area contributed by atoms with Crippen molar-refractivity contribution in [1.29, 1.82) is 0 Å². The van der Waals surface area contributed by atoms with Crippen LogP contribution in [0.15, 0.2) is 53.9 Å². The minimum atomic E-state index is -3.62. The van der Waals surface area contributed by atoms with Crippen LogP contribution in [0.4, 0.5) is 5.69 Å². The summed E-state index contributed by atoms with van der Waals surface area (Å²) in [5.41, 5.74) is 3.27. The van der Waals surface area contributed by atoms with E-state index < -0.39 is 10.0 Å². The summed E-state index contributed by atoms with van der Waals surface area (Å²) in [5, 5.41) is 1.15. The van der Waals surface area contributed by atoms with Crippen LogP contribution in [0.2, 0.25) is 0 Å². The van der Waals surface area contributed by atoms with Gasteiger partial charge in [0.1, 0.15) is 0 Å². The SMILES string of the molecule is CCN(Cc1cccc(NS(=O)(=O)C=Cc2ccc(C)cc2)c1)C(C)=O. The molecule has 26 heavy (non-hydrogen) atoms. The van der Waals surface area contributed by atoms with Crippen LogP contribution >= 0.6 is 0 Å². The highest BCUT2D eigenvalue weighted by atomic mass is 32.2. The number of nitrogens with one attached hydrogen (secondary N) is 1. The third-order valence-corrected chi connectivity index (χ3v) is 4.92. The second-order valence-electron chi connectivity index (χ2n) is 6.09. The third kappa shape index (κ3) is 6.04. The van der Waals surface area contributed by atoms with Gasteiger partial charge in [-0.1, -0.05) is 42.0 Å². The number of hydrogen-bond donors (Lipinski definition) is 1. The van der Waals surface area contributed by atoms with Crippen LogP contribution in [-0.2, 0) is 21.4 Å². The summed E-state index contributed by atoms with van der Waals surface area (Å²) < 4.78 is 27.1. The molecule has 2 aromatic rings. The molecule has 0 saturated carbocycles. The number of aryl methyl sites for hydroxylation is 1. The zero-order chi connectivity index (χ0) is 19.2. The van der Waals surface area contributed by atoms with E-state index in [9.17, 15) is 13.2 Å². The smallest absolute Gasteiger partial charge is 0.255 e. The Morgan fingerprint density at radius 2 is 1.85 bits per heavy atom.